The number of nitrogen functional groups attached to an aromatic ring is 1. The molecule has 4 rings (SSSR count). The number of carbonyl (C=O) groups excluding carboxylic acids is 1. The number of anilines is 3. The van der Waals surface area contributed by atoms with Gasteiger partial charge in [0, 0.05) is 7.05 Å². The highest BCUT2D eigenvalue weighted by atomic mass is 32.1. The van der Waals surface area contributed by atoms with Crippen LogP contribution in [0, 0.1) is 11.6 Å². The Morgan fingerprint density at radius 1 is 1.28 bits per heavy atom. The zero-order valence-corrected chi connectivity index (χ0v) is 18.0. The lowest BCUT2D eigenvalue weighted by molar-refractivity contribution is 0.102. The van der Waals surface area contributed by atoms with Crippen LogP contribution in [-0.2, 0) is 7.05 Å². The van der Waals surface area contributed by atoms with Gasteiger partial charge in [-0.05, 0) is 38.1 Å². The number of aryl methyl sites for hydroxylation is 1. The van der Waals surface area contributed by atoms with Crippen LogP contribution in [0.15, 0.2) is 24.4 Å². The van der Waals surface area contributed by atoms with Crippen LogP contribution in [0.4, 0.5) is 29.7 Å². The topological polar surface area (TPSA) is 110 Å². The largest absolute Gasteiger partial charge is 0.389 e. The molecule has 2 aromatic heterocycles. The number of hydrogen-bond acceptors (Lipinski definition) is 7. The minimum Gasteiger partial charge on any atom is -0.389 e. The van der Waals surface area contributed by atoms with E-state index >= 15 is 0 Å². The molecule has 0 spiro atoms. The van der Waals surface area contributed by atoms with Crippen LogP contribution in [0.3, 0.4) is 0 Å². The molecule has 0 unspecified atom stereocenters. The summed E-state index contributed by atoms with van der Waals surface area (Å²) in [7, 11) is 1.66. The summed E-state index contributed by atoms with van der Waals surface area (Å²) in [6.07, 6.45) is 1.30. The summed E-state index contributed by atoms with van der Waals surface area (Å²) in [5, 5.41) is 13.0. The molecule has 3 aromatic rings. The van der Waals surface area contributed by atoms with Gasteiger partial charge in [0.25, 0.3) is 5.91 Å². The molecule has 12 heteroatoms. The van der Waals surface area contributed by atoms with Crippen LogP contribution in [0.5, 0.6) is 0 Å². The van der Waals surface area contributed by atoms with Gasteiger partial charge in [-0.3, -0.25) is 9.48 Å². The molecule has 5 N–H and O–H groups in total. The first-order chi connectivity index (χ1) is 15.3. The zero-order valence-electron chi connectivity index (χ0n) is 17.2. The van der Waals surface area contributed by atoms with Crippen molar-refractivity contribution < 1.29 is 18.0 Å². The van der Waals surface area contributed by atoms with E-state index in [1.165, 1.54) is 16.9 Å². The number of alkyl halides is 1. The molecule has 32 heavy (non-hydrogen) atoms. The van der Waals surface area contributed by atoms with Crippen LogP contribution in [0.25, 0.3) is 10.6 Å². The van der Waals surface area contributed by atoms with E-state index in [0.29, 0.717) is 37.4 Å². The minimum absolute atomic E-state index is 0.0113. The summed E-state index contributed by atoms with van der Waals surface area (Å²) < 4.78 is 44.1. The average molecular weight is 466 g/mol. The van der Waals surface area contributed by atoms with Gasteiger partial charge in [0.15, 0.2) is 5.69 Å². The number of rotatable bonds is 5. The average Bonchev–Trinajstić information content (AvgIpc) is 3.21. The Labute approximate surface area is 186 Å². The number of aromatic nitrogens is 3. The molecule has 3 heterocycles. The standard InChI is InChI=1S/C20H22F3N7OS/c1-30-18(27-13-6-8-25-7-5-10(13)21)14(9-26-30)28-19(31)16-17(24)32-20(29-16)15-11(22)3-2-4-12(15)23/h2-4,9-10,13,25,27H,5-8,24H2,1H3,(H,28,31)/t10-,13-/m1/s1. The fourth-order valence-corrected chi connectivity index (χ4v) is 4.41. The van der Waals surface area contributed by atoms with Gasteiger partial charge in [0.2, 0.25) is 0 Å². The van der Waals surface area contributed by atoms with Crippen LogP contribution >= 0.6 is 11.3 Å². The van der Waals surface area contributed by atoms with E-state index in [1.54, 1.807) is 7.05 Å². The Hall–Kier alpha value is -3.12. The summed E-state index contributed by atoms with van der Waals surface area (Å²) >= 11 is 0.808. The number of amides is 1. The van der Waals surface area contributed by atoms with Gasteiger partial charge < -0.3 is 21.7 Å². The molecule has 1 fully saturated rings. The maximum Gasteiger partial charge on any atom is 0.277 e. The second-order valence-electron chi connectivity index (χ2n) is 7.41. The number of benzene rings is 1. The molecule has 1 aliphatic heterocycles. The summed E-state index contributed by atoms with van der Waals surface area (Å²) in [5.74, 6) is -1.84. The fraction of sp³-hybridized carbons (Fsp3) is 0.350. The van der Waals surface area contributed by atoms with Gasteiger partial charge in [-0.15, -0.1) is 0 Å². The van der Waals surface area contributed by atoms with E-state index in [4.69, 9.17) is 5.73 Å². The number of nitrogens with zero attached hydrogens (tertiary/aromatic N) is 3. The third-order valence-electron chi connectivity index (χ3n) is 5.22. The van der Waals surface area contributed by atoms with E-state index in [2.05, 4.69) is 26.0 Å². The highest BCUT2D eigenvalue weighted by molar-refractivity contribution is 7.19. The molecule has 0 bridgehead atoms. The smallest absolute Gasteiger partial charge is 0.277 e. The summed E-state index contributed by atoms with van der Waals surface area (Å²) in [4.78, 5) is 16.9. The van der Waals surface area contributed by atoms with Crippen molar-refractivity contribution in [2.75, 3.05) is 29.5 Å². The SMILES string of the molecule is Cn1ncc(NC(=O)c2nc(-c3c(F)cccc3F)sc2N)c1N[C@@H]1CCNCC[C@H]1F. The van der Waals surface area contributed by atoms with Crippen molar-refractivity contribution >= 4 is 33.8 Å². The van der Waals surface area contributed by atoms with Crippen LogP contribution in [-0.4, -0.2) is 46.0 Å². The lowest BCUT2D eigenvalue weighted by atomic mass is 10.1. The Bertz CT molecular complexity index is 1110. The lowest BCUT2D eigenvalue weighted by Crippen LogP contribution is -2.32. The third-order valence-corrected chi connectivity index (χ3v) is 6.12. The van der Waals surface area contributed by atoms with Crippen molar-refractivity contribution in [3.05, 3.63) is 41.7 Å². The second kappa shape index (κ2) is 9.17. The van der Waals surface area contributed by atoms with E-state index < -0.39 is 29.8 Å². The van der Waals surface area contributed by atoms with Crippen molar-refractivity contribution in [2.24, 2.45) is 7.05 Å². The Morgan fingerprint density at radius 3 is 2.75 bits per heavy atom. The van der Waals surface area contributed by atoms with Crippen molar-refractivity contribution in [1.29, 1.82) is 0 Å². The Balaban J connectivity index is 1.56. The first-order valence-corrected chi connectivity index (χ1v) is 10.8. The van der Waals surface area contributed by atoms with Crippen LogP contribution in [0.1, 0.15) is 23.3 Å². The number of nitrogens with two attached hydrogens (primary N) is 1. The molecule has 0 radical (unpaired) electrons. The van der Waals surface area contributed by atoms with Gasteiger partial charge in [0.1, 0.15) is 39.3 Å². The number of thiazole rings is 1. The molecule has 1 amide bonds. The van der Waals surface area contributed by atoms with Gasteiger partial charge in [-0.2, -0.15) is 5.10 Å². The van der Waals surface area contributed by atoms with Crippen molar-refractivity contribution in [2.45, 2.75) is 25.1 Å². The van der Waals surface area contributed by atoms with Crippen LogP contribution < -0.4 is 21.7 Å². The molecule has 170 valence electrons. The highest BCUT2D eigenvalue weighted by Crippen LogP contribution is 2.34. The summed E-state index contributed by atoms with van der Waals surface area (Å²) in [6, 6.07) is 2.99. The molecular weight excluding hydrogens is 443 g/mol. The first kappa shape index (κ1) is 22.1. The normalized spacial score (nSPS) is 18.9. The molecule has 1 aliphatic rings. The highest BCUT2D eigenvalue weighted by Gasteiger charge is 2.26. The van der Waals surface area contributed by atoms with E-state index in [0.717, 1.165) is 23.5 Å². The maximum atomic E-state index is 14.5. The maximum absolute atomic E-state index is 14.5. The van der Waals surface area contributed by atoms with Crippen molar-refractivity contribution in [3.63, 3.8) is 0 Å². The molecule has 2 atom stereocenters. The molecule has 0 aliphatic carbocycles. The number of halogens is 3. The van der Waals surface area contributed by atoms with E-state index in [9.17, 15) is 18.0 Å². The fourth-order valence-electron chi connectivity index (χ4n) is 3.53. The predicted molar refractivity (Wildman–Crippen MR) is 117 cm³/mol. The summed E-state index contributed by atoms with van der Waals surface area (Å²) in [5.41, 5.74) is 5.72. The molecule has 0 saturated carbocycles. The number of hydrogen-bond donors (Lipinski definition) is 4. The Morgan fingerprint density at radius 2 is 2.00 bits per heavy atom. The number of carbonyl (C=O) groups is 1. The second-order valence-corrected chi connectivity index (χ2v) is 8.44. The van der Waals surface area contributed by atoms with Crippen LogP contribution in [0.2, 0.25) is 0 Å². The number of nitrogens with one attached hydrogen (secondary N) is 3. The summed E-state index contributed by atoms with van der Waals surface area (Å²) in [6.45, 7) is 1.27. The quantitative estimate of drug-likeness (QED) is 0.461. The van der Waals surface area contributed by atoms with E-state index in [1.807, 2.05) is 0 Å². The molecule has 1 aromatic carbocycles. The van der Waals surface area contributed by atoms with E-state index in [-0.39, 0.29) is 21.3 Å². The van der Waals surface area contributed by atoms with Crippen molar-refractivity contribution in [3.8, 4) is 10.6 Å². The Kier molecular flexibility index (Phi) is 6.33. The monoisotopic (exact) mass is 465 g/mol. The third kappa shape index (κ3) is 4.41. The molecular formula is C20H22F3N7OS. The minimum atomic E-state index is -1.06. The van der Waals surface area contributed by atoms with Gasteiger partial charge in [-0.25, -0.2) is 18.2 Å². The zero-order chi connectivity index (χ0) is 22.8. The van der Waals surface area contributed by atoms with Gasteiger partial charge >= 0.3 is 0 Å². The first-order valence-electron chi connectivity index (χ1n) is 10.0. The molecule has 1 saturated heterocycles. The lowest BCUT2D eigenvalue weighted by Gasteiger charge is -2.21. The van der Waals surface area contributed by atoms with Crippen molar-refractivity contribution in [1.82, 2.24) is 20.1 Å². The van der Waals surface area contributed by atoms with Gasteiger partial charge in [0.05, 0.1) is 17.8 Å². The predicted octanol–water partition coefficient (Wildman–Crippen LogP) is 3.16. The van der Waals surface area contributed by atoms with Gasteiger partial charge in [-0.1, -0.05) is 17.4 Å². The molecule has 8 nitrogen and oxygen atoms in total.